The van der Waals surface area contributed by atoms with Gasteiger partial charge in [-0.25, -0.2) is 9.37 Å². The fraction of sp³-hybridized carbons (Fsp3) is 0.143. The molecular weight excluding hydrogens is 345 g/mol. The van der Waals surface area contributed by atoms with E-state index in [2.05, 4.69) is 4.98 Å². The van der Waals surface area contributed by atoms with Crippen LogP contribution in [-0.2, 0) is 12.4 Å². The van der Waals surface area contributed by atoms with Crippen molar-refractivity contribution in [1.29, 1.82) is 0 Å². The molecule has 0 aliphatic carbocycles. The number of anilines is 1. The summed E-state index contributed by atoms with van der Waals surface area (Å²) in [5.74, 6) is -2.20. The third-order valence-corrected chi connectivity index (χ3v) is 2.82. The third kappa shape index (κ3) is 4.21. The lowest BCUT2D eigenvalue weighted by Crippen LogP contribution is -2.17. The molecule has 0 spiro atoms. The molecule has 2 rings (SSSR count). The van der Waals surface area contributed by atoms with E-state index in [1.165, 1.54) is 0 Å². The molecule has 1 aromatic heterocycles. The first-order valence-electron chi connectivity index (χ1n) is 6.19. The predicted octanol–water partition coefficient (Wildman–Crippen LogP) is 4.51. The number of nitrogens with zero attached hydrogens (tertiary/aromatic N) is 1. The van der Waals surface area contributed by atoms with Crippen LogP contribution in [0.25, 0.3) is 0 Å². The number of hydrogen-bond acceptors (Lipinski definition) is 2. The quantitative estimate of drug-likeness (QED) is 0.808. The van der Waals surface area contributed by atoms with Crippen molar-refractivity contribution >= 4 is 11.7 Å². The highest BCUT2D eigenvalue weighted by Gasteiger charge is 2.37. The summed E-state index contributed by atoms with van der Waals surface area (Å²) in [7, 11) is 0. The van der Waals surface area contributed by atoms with Gasteiger partial charge in [0.1, 0.15) is 11.6 Å². The average Bonchev–Trinajstić information content (AvgIpc) is 2.47. The highest BCUT2D eigenvalue weighted by molar-refractivity contribution is 6.04. The molecule has 1 amide bonds. The molecule has 0 aliphatic heterocycles. The summed E-state index contributed by atoms with van der Waals surface area (Å²) < 4.78 is 89.0. The van der Waals surface area contributed by atoms with Crippen LogP contribution in [0.1, 0.15) is 21.5 Å². The molecule has 0 unspecified atom stereocenters. The van der Waals surface area contributed by atoms with Crippen LogP contribution in [0.3, 0.4) is 0 Å². The molecule has 10 heteroatoms. The van der Waals surface area contributed by atoms with E-state index >= 15 is 0 Å². The first kappa shape index (κ1) is 17.7. The van der Waals surface area contributed by atoms with Crippen molar-refractivity contribution in [3.63, 3.8) is 0 Å². The first-order chi connectivity index (χ1) is 11.0. The number of aromatic nitrogens is 1. The van der Waals surface area contributed by atoms with E-state index < -0.39 is 40.8 Å². The number of alkyl halides is 6. The summed E-state index contributed by atoms with van der Waals surface area (Å²) in [6.07, 6.45) is -9.41. The van der Waals surface area contributed by atoms with E-state index in [9.17, 15) is 35.5 Å². The number of benzene rings is 1. The van der Waals surface area contributed by atoms with Crippen LogP contribution in [-0.4, -0.2) is 10.9 Å². The summed E-state index contributed by atoms with van der Waals surface area (Å²) in [6.45, 7) is 0. The van der Waals surface area contributed by atoms with Crippen LogP contribution in [0.15, 0.2) is 36.5 Å². The van der Waals surface area contributed by atoms with Gasteiger partial charge < -0.3 is 5.32 Å². The molecule has 1 N–H and O–H groups in total. The molecule has 0 saturated heterocycles. The molecule has 0 atom stereocenters. The number of carbonyl (C=O) groups is 1. The lowest BCUT2D eigenvalue weighted by Gasteiger charge is -2.14. The topological polar surface area (TPSA) is 42.0 Å². The number of halogens is 7. The zero-order chi connectivity index (χ0) is 18.1. The molecule has 0 radical (unpaired) electrons. The minimum atomic E-state index is -5.07. The highest BCUT2D eigenvalue weighted by Crippen LogP contribution is 2.36. The van der Waals surface area contributed by atoms with E-state index in [0.717, 1.165) is 18.3 Å². The van der Waals surface area contributed by atoms with Gasteiger partial charge in [0.2, 0.25) is 0 Å². The molecule has 0 bridgehead atoms. The van der Waals surface area contributed by atoms with Gasteiger partial charge >= 0.3 is 12.4 Å². The van der Waals surface area contributed by atoms with E-state index in [-0.39, 0.29) is 24.0 Å². The zero-order valence-corrected chi connectivity index (χ0v) is 11.5. The summed E-state index contributed by atoms with van der Waals surface area (Å²) in [5, 5.41) is 1.99. The Kier molecular flexibility index (Phi) is 4.50. The van der Waals surface area contributed by atoms with Gasteiger partial charge in [0, 0.05) is 5.56 Å². The molecule has 2 aromatic rings. The second-order valence-electron chi connectivity index (χ2n) is 4.61. The van der Waals surface area contributed by atoms with Gasteiger partial charge in [-0.15, -0.1) is 0 Å². The Morgan fingerprint density at radius 1 is 0.917 bits per heavy atom. The molecule has 1 aromatic carbocycles. The van der Waals surface area contributed by atoms with Gasteiger partial charge in [-0.3, -0.25) is 4.79 Å². The Morgan fingerprint density at radius 3 is 1.88 bits per heavy atom. The number of pyridine rings is 1. The zero-order valence-electron chi connectivity index (χ0n) is 11.5. The van der Waals surface area contributed by atoms with Crippen LogP contribution in [0.4, 0.5) is 36.6 Å². The van der Waals surface area contributed by atoms with Crippen molar-refractivity contribution < 1.29 is 35.5 Å². The van der Waals surface area contributed by atoms with Gasteiger partial charge in [-0.1, -0.05) is 0 Å². The summed E-state index contributed by atoms with van der Waals surface area (Å²) >= 11 is 0. The van der Waals surface area contributed by atoms with E-state index in [1.807, 2.05) is 5.32 Å². The average molecular weight is 352 g/mol. The van der Waals surface area contributed by atoms with Crippen molar-refractivity contribution in [1.82, 2.24) is 4.98 Å². The van der Waals surface area contributed by atoms with Crippen molar-refractivity contribution in [2.75, 3.05) is 5.32 Å². The summed E-state index contributed by atoms with van der Waals surface area (Å²) in [6, 6.07) is 2.40. The second-order valence-corrected chi connectivity index (χ2v) is 4.61. The van der Waals surface area contributed by atoms with Crippen LogP contribution in [0.5, 0.6) is 0 Å². The van der Waals surface area contributed by atoms with Gasteiger partial charge in [0.05, 0.1) is 17.3 Å². The van der Waals surface area contributed by atoms with Gasteiger partial charge in [0.15, 0.2) is 0 Å². The monoisotopic (exact) mass is 352 g/mol. The maximum absolute atomic E-state index is 12.7. The minimum absolute atomic E-state index is 0.0904. The molecule has 0 saturated carbocycles. The van der Waals surface area contributed by atoms with E-state index in [0.29, 0.717) is 0 Å². The summed E-state index contributed by atoms with van der Waals surface area (Å²) in [4.78, 5) is 15.3. The summed E-state index contributed by atoms with van der Waals surface area (Å²) in [5.41, 5.74) is -4.09. The molecule has 1 heterocycles. The van der Waals surface area contributed by atoms with Crippen LogP contribution in [0.2, 0.25) is 0 Å². The number of rotatable bonds is 2. The maximum Gasteiger partial charge on any atom is 0.416 e. The standard InChI is InChI=1S/C14H7F7N2O/c15-10-1-2-11(22-6-10)23-12(24)7-3-8(13(16,17)18)5-9(4-7)14(19,20)21/h1-6H,(H,22,23,24). The van der Waals surface area contributed by atoms with Gasteiger partial charge in [0.25, 0.3) is 5.91 Å². The first-order valence-corrected chi connectivity index (χ1v) is 6.19. The Balaban J connectivity index is 2.40. The Bertz CT molecular complexity index is 719. The van der Waals surface area contributed by atoms with Gasteiger partial charge in [-0.05, 0) is 30.3 Å². The largest absolute Gasteiger partial charge is 0.416 e. The fourth-order valence-corrected chi connectivity index (χ4v) is 1.72. The van der Waals surface area contributed by atoms with Crippen molar-refractivity contribution in [2.24, 2.45) is 0 Å². The lowest BCUT2D eigenvalue weighted by atomic mass is 10.0. The van der Waals surface area contributed by atoms with Crippen LogP contribution < -0.4 is 5.32 Å². The normalized spacial score (nSPS) is 12.1. The van der Waals surface area contributed by atoms with Crippen LogP contribution in [0, 0.1) is 5.82 Å². The van der Waals surface area contributed by atoms with Crippen molar-refractivity contribution in [3.8, 4) is 0 Å². The molecule has 24 heavy (non-hydrogen) atoms. The van der Waals surface area contributed by atoms with Crippen molar-refractivity contribution in [3.05, 3.63) is 59.0 Å². The highest BCUT2D eigenvalue weighted by atomic mass is 19.4. The number of carbonyl (C=O) groups excluding carboxylic acids is 1. The fourth-order valence-electron chi connectivity index (χ4n) is 1.72. The lowest BCUT2D eigenvalue weighted by molar-refractivity contribution is -0.143. The Morgan fingerprint density at radius 2 is 1.46 bits per heavy atom. The molecule has 128 valence electrons. The van der Waals surface area contributed by atoms with E-state index in [4.69, 9.17) is 0 Å². The molecule has 3 nitrogen and oxygen atoms in total. The molecular formula is C14H7F7N2O. The van der Waals surface area contributed by atoms with Crippen molar-refractivity contribution in [2.45, 2.75) is 12.4 Å². The number of nitrogens with one attached hydrogen (secondary N) is 1. The molecule has 0 fully saturated rings. The Hall–Kier alpha value is -2.65. The second kappa shape index (κ2) is 6.10. The minimum Gasteiger partial charge on any atom is -0.307 e. The predicted molar refractivity (Wildman–Crippen MR) is 68.6 cm³/mol. The molecule has 0 aliphatic rings. The number of amides is 1. The smallest absolute Gasteiger partial charge is 0.307 e. The maximum atomic E-state index is 12.7. The van der Waals surface area contributed by atoms with Gasteiger partial charge in [-0.2, -0.15) is 26.3 Å². The Labute approximate surface area is 130 Å². The SMILES string of the molecule is O=C(Nc1ccc(F)cn1)c1cc(C(F)(F)F)cc(C(F)(F)F)c1. The van der Waals surface area contributed by atoms with E-state index in [1.54, 1.807) is 0 Å². The van der Waals surface area contributed by atoms with Crippen LogP contribution >= 0.6 is 0 Å². The third-order valence-electron chi connectivity index (χ3n) is 2.82. The number of hydrogen-bond donors (Lipinski definition) is 1.